The highest BCUT2D eigenvalue weighted by Gasteiger charge is 2.29. The van der Waals surface area contributed by atoms with Crippen LogP contribution >= 0.6 is 0 Å². The van der Waals surface area contributed by atoms with Crippen molar-refractivity contribution >= 4 is 5.91 Å². The average Bonchev–Trinajstić information content (AvgIpc) is 3.15. The number of piperidine rings is 1. The van der Waals surface area contributed by atoms with Crippen molar-refractivity contribution in [3.63, 3.8) is 0 Å². The highest BCUT2D eigenvalue weighted by molar-refractivity contribution is 5.81. The van der Waals surface area contributed by atoms with Crippen molar-refractivity contribution < 1.29 is 13.9 Å². The van der Waals surface area contributed by atoms with Crippen molar-refractivity contribution in [1.29, 1.82) is 0 Å². The number of hydrogen-bond donors (Lipinski definition) is 1. The summed E-state index contributed by atoms with van der Waals surface area (Å²) in [5, 5.41) is 3.02. The number of hydrogen-bond acceptors (Lipinski definition) is 5. The number of likely N-dealkylation sites (tertiary alicyclic amines) is 1. The lowest BCUT2D eigenvalue weighted by atomic mass is 9.95. The zero-order chi connectivity index (χ0) is 20.6. The highest BCUT2D eigenvalue weighted by Crippen LogP contribution is 2.32. The van der Waals surface area contributed by atoms with Gasteiger partial charge in [-0.25, -0.2) is 4.98 Å². The lowest BCUT2D eigenvalue weighted by Gasteiger charge is -2.34. The lowest BCUT2D eigenvalue weighted by molar-refractivity contribution is -0.126. The molecule has 0 aliphatic carbocycles. The molecule has 2 heterocycles. The largest absolute Gasteiger partial charge is 0.445 e. The molecular formula is C23H33N3O3. The minimum absolute atomic E-state index is 0.0956. The van der Waals surface area contributed by atoms with E-state index in [2.05, 4.69) is 22.3 Å². The van der Waals surface area contributed by atoms with Crippen molar-refractivity contribution in [2.75, 3.05) is 32.8 Å². The molecule has 2 aromatic rings. The molecule has 1 atom stereocenters. The molecule has 1 aromatic heterocycles. The second-order valence-corrected chi connectivity index (χ2v) is 7.65. The first-order chi connectivity index (χ1) is 14.1. The standard InChI is InChI=1S/C23H33N3O3/c1-4-28-16-8-13-24-22(27)17(2)26-14-11-20(12-15-26)23-25-21(18(3)29-23)19-9-6-5-7-10-19/h5-7,9-10,17,20H,4,8,11-16H2,1-3H3,(H,24,27)/t17-/m1/s1. The summed E-state index contributed by atoms with van der Waals surface area (Å²) in [5.41, 5.74) is 2.02. The van der Waals surface area contributed by atoms with Gasteiger partial charge in [-0.05, 0) is 53.1 Å². The molecule has 0 unspecified atom stereocenters. The van der Waals surface area contributed by atoms with Gasteiger partial charge in [0.15, 0.2) is 5.89 Å². The van der Waals surface area contributed by atoms with E-state index in [1.165, 1.54) is 0 Å². The van der Waals surface area contributed by atoms with E-state index in [0.717, 1.165) is 61.9 Å². The third-order valence-corrected chi connectivity index (χ3v) is 5.64. The second-order valence-electron chi connectivity index (χ2n) is 7.65. The zero-order valence-electron chi connectivity index (χ0n) is 17.8. The van der Waals surface area contributed by atoms with Crippen LogP contribution in [0.4, 0.5) is 0 Å². The number of nitrogens with one attached hydrogen (secondary N) is 1. The van der Waals surface area contributed by atoms with E-state index in [1.54, 1.807) is 0 Å². The molecule has 158 valence electrons. The molecule has 1 N–H and O–H groups in total. The molecular weight excluding hydrogens is 366 g/mol. The van der Waals surface area contributed by atoms with Crippen LogP contribution in [0.1, 0.15) is 50.7 Å². The number of aryl methyl sites for hydroxylation is 1. The summed E-state index contributed by atoms with van der Waals surface area (Å²) in [7, 11) is 0. The summed E-state index contributed by atoms with van der Waals surface area (Å²) in [5.74, 6) is 2.10. The summed E-state index contributed by atoms with van der Waals surface area (Å²) in [4.78, 5) is 19.5. The molecule has 6 nitrogen and oxygen atoms in total. The Morgan fingerprint density at radius 1 is 1.31 bits per heavy atom. The number of ether oxygens (including phenoxy) is 1. The van der Waals surface area contributed by atoms with Crippen molar-refractivity contribution in [2.45, 2.75) is 52.0 Å². The predicted molar refractivity (Wildman–Crippen MR) is 114 cm³/mol. The van der Waals surface area contributed by atoms with Gasteiger partial charge in [-0.15, -0.1) is 0 Å². The van der Waals surface area contributed by atoms with Gasteiger partial charge < -0.3 is 14.5 Å². The van der Waals surface area contributed by atoms with Crippen LogP contribution in [0.2, 0.25) is 0 Å². The Morgan fingerprint density at radius 2 is 2.03 bits per heavy atom. The Hall–Kier alpha value is -2.18. The maximum absolute atomic E-state index is 12.4. The van der Waals surface area contributed by atoms with Crippen molar-refractivity contribution in [3.05, 3.63) is 42.0 Å². The first-order valence-corrected chi connectivity index (χ1v) is 10.7. The summed E-state index contributed by atoms with van der Waals surface area (Å²) in [6, 6.07) is 10.0. The van der Waals surface area contributed by atoms with Crippen molar-refractivity contribution in [3.8, 4) is 11.3 Å². The van der Waals surface area contributed by atoms with Crippen LogP contribution < -0.4 is 5.32 Å². The molecule has 1 aliphatic rings. The number of oxazole rings is 1. The minimum Gasteiger partial charge on any atom is -0.445 e. The Labute approximate surface area is 173 Å². The third kappa shape index (κ3) is 5.67. The fourth-order valence-corrected chi connectivity index (χ4v) is 3.83. The Kier molecular flexibility index (Phi) is 7.83. The Balaban J connectivity index is 1.50. The average molecular weight is 400 g/mol. The number of aromatic nitrogens is 1. The zero-order valence-corrected chi connectivity index (χ0v) is 17.8. The van der Waals surface area contributed by atoms with E-state index < -0.39 is 0 Å². The molecule has 29 heavy (non-hydrogen) atoms. The van der Waals surface area contributed by atoms with Gasteiger partial charge in [0.2, 0.25) is 5.91 Å². The lowest BCUT2D eigenvalue weighted by Crippen LogP contribution is -2.48. The highest BCUT2D eigenvalue weighted by atomic mass is 16.5. The molecule has 1 saturated heterocycles. The summed E-state index contributed by atoms with van der Waals surface area (Å²) in [6.45, 7) is 9.77. The first kappa shape index (κ1) is 21.5. The van der Waals surface area contributed by atoms with Gasteiger partial charge >= 0.3 is 0 Å². The number of rotatable bonds is 9. The molecule has 0 spiro atoms. The van der Waals surface area contributed by atoms with E-state index in [0.29, 0.717) is 19.1 Å². The maximum Gasteiger partial charge on any atom is 0.237 e. The Morgan fingerprint density at radius 3 is 2.72 bits per heavy atom. The van der Waals surface area contributed by atoms with Gasteiger partial charge in [-0.1, -0.05) is 30.3 Å². The van der Waals surface area contributed by atoms with Crippen LogP contribution in [0.5, 0.6) is 0 Å². The smallest absolute Gasteiger partial charge is 0.237 e. The number of benzene rings is 1. The predicted octanol–water partition coefficient (Wildman–Crippen LogP) is 3.76. The van der Waals surface area contributed by atoms with E-state index in [1.807, 2.05) is 39.0 Å². The van der Waals surface area contributed by atoms with E-state index >= 15 is 0 Å². The van der Waals surface area contributed by atoms with Crippen LogP contribution in [0.25, 0.3) is 11.3 Å². The molecule has 1 aromatic carbocycles. The van der Waals surface area contributed by atoms with Gasteiger partial charge in [-0.2, -0.15) is 0 Å². The SMILES string of the molecule is CCOCCCNC(=O)[C@@H](C)N1CCC(c2nc(-c3ccccc3)c(C)o2)CC1. The molecule has 0 bridgehead atoms. The van der Waals surface area contributed by atoms with Gasteiger partial charge in [0.1, 0.15) is 11.5 Å². The molecule has 1 amide bonds. The van der Waals surface area contributed by atoms with Crippen molar-refractivity contribution in [1.82, 2.24) is 15.2 Å². The first-order valence-electron chi connectivity index (χ1n) is 10.7. The molecule has 6 heteroatoms. The van der Waals surface area contributed by atoms with Crippen LogP contribution in [0.15, 0.2) is 34.7 Å². The molecule has 0 saturated carbocycles. The number of nitrogens with zero attached hydrogens (tertiary/aromatic N) is 2. The van der Waals surface area contributed by atoms with Crippen LogP contribution in [0.3, 0.4) is 0 Å². The minimum atomic E-state index is -0.116. The van der Waals surface area contributed by atoms with Crippen LogP contribution in [0, 0.1) is 6.92 Å². The number of carbonyl (C=O) groups excluding carboxylic acids is 1. The Bertz CT molecular complexity index is 767. The summed E-state index contributed by atoms with van der Waals surface area (Å²) in [6.07, 6.45) is 2.76. The normalized spacial score (nSPS) is 16.7. The molecule has 0 radical (unpaired) electrons. The van der Waals surface area contributed by atoms with Gasteiger partial charge in [-0.3, -0.25) is 9.69 Å². The fraction of sp³-hybridized carbons (Fsp3) is 0.565. The fourth-order valence-electron chi connectivity index (χ4n) is 3.83. The van der Waals surface area contributed by atoms with E-state index in [9.17, 15) is 4.79 Å². The van der Waals surface area contributed by atoms with Crippen LogP contribution in [-0.4, -0.2) is 54.7 Å². The van der Waals surface area contributed by atoms with E-state index in [4.69, 9.17) is 14.1 Å². The topological polar surface area (TPSA) is 67.6 Å². The molecule has 3 rings (SSSR count). The van der Waals surface area contributed by atoms with E-state index in [-0.39, 0.29) is 11.9 Å². The van der Waals surface area contributed by atoms with Gasteiger partial charge in [0, 0.05) is 31.2 Å². The molecule has 1 fully saturated rings. The monoisotopic (exact) mass is 399 g/mol. The van der Waals surface area contributed by atoms with Crippen molar-refractivity contribution in [2.24, 2.45) is 0 Å². The van der Waals surface area contributed by atoms with Gasteiger partial charge in [0.25, 0.3) is 0 Å². The number of amides is 1. The van der Waals surface area contributed by atoms with Gasteiger partial charge in [0.05, 0.1) is 6.04 Å². The second kappa shape index (κ2) is 10.6. The summed E-state index contributed by atoms with van der Waals surface area (Å²) < 4.78 is 11.3. The molecule has 1 aliphatic heterocycles. The third-order valence-electron chi connectivity index (χ3n) is 5.64. The number of carbonyl (C=O) groups is 1. The van der Waals surface area contributed by atoms with Crippen LogP contribution in [-0.2, 0) is 9.53 Å². The summed E-state index contributed by atoms with van der Waals surface area (Å²) >= 11 is 0. The maximum atomic E-state index is 12.4. The quantitative estimate of drug-likeness (QED) is 0.650.